The van der Waals surface area contributed by atoms with Crippen LogP contribution in [0.3, 0.4) is 0 Å². The molecule has 0 bridgehead atoms. The Bertz CT molecular complexity index is 845. The molecule has 1 fully saturated rings. The average Bonchev–Trinajstić information content (AvgIpc) is 3.15. The van der Waals surface area contributed by atoms with E-state index in [1.807, 2.05) is 26.1 Å². The minimum absolute atomic E-state index is 0.329. The van der Waals surface area contributed by atoms with Crippen LogP contribution in [-0.4, -0.2) is 57.4 Å². The number of hydrogen-bond acceptors (Lipinski definition) is 5. The Morgan fingerprint density at radius 1 is 1.29 bits per heavy atom. The molecule has 3 heterocycles. The van der Waals surface area contributed by atoms with Crippen LogP contribution in [0.4, 0.5) is 0 Å². The quantitative estimate of drug-likeness (QED) is 0.825. The number of hydrogen-bond donors (Lipinski definition) is 0. The summed E-state index contributed by atoms with van der Waals surface area (Å²) >= 11 is 0. The molecule has 0 aliphatic carbocycles. The van der Waals surface area contributed by atoms with E-state index in [2.05, 4.69) is 15.1 Å². The van der Waals surface area contributed by atoms with Gasteiger partial charge in [-0.15, -0.1) is 0 Å². The Morgan fingerprint density at radius 2 is 2.04 bits per heavy atom. The van der Waals surface area contributed by atoms with Crippen LogP contribution in [0.2, 0.25) is 0 Å². The molecule has 1 saturated heterocycles. The first-order valence-electron chi connectivity index (χ1n) is 7.84. The second-order valence-corrected chi connectivity index (χ2v) is 8.25. The standard InChI is InChI=1S/C15H22N6O2S/c1-11-10-12(13-7-8-16-20(13)4)18-15(17-11)14-6-5-9-21(14)24(22,23)19(2)3/h7-8,10,14H,5-6,9H2,1-4H3/t14-/m0/s1. The molecular weight excluding hydrogens is 328 g/mol. The van der Waals surface area contributed by atoms with Gasteiger partial charge in [-0.05, 0) is 31.9 Å². The third-order valence-corrected chi connectivity index (χ3v) is 6.17. The van der Waals surface area contributed by atoms with Crippen molar-refractivity contribution >= 4 is 10.2 Å². The van der Waals surface area contributed by atoms with Crippen molar-refractivity contribution < 1.29 is 8.42 Å². The Labute approximate surface area is 142 Å². The summed E-state index contributed by atoms with van der Waals surface area (Å²) in [4.78, 5) is 9.16. The molecular formula is C15H22N6O2S. The summed E-state index contributed by atoms with van der Waals surface area (Å²) in [6, 6.07) is 3.44. The Hall–Kier alpha value is -1.84. The normalized spacial score (nSPS) is 19.3. The van der Waals surface area contributed by atoms with E-state index in [1.165, 1.54) is 8.61 Å². The van der Waals surface area contributed by atoms with Gasteiger partial charge in [-0.3, -0.25) is 4.68 Å². The van der Waals surface area contributed by atoms with Crippen LogP contribution >= 0.6 is 0 Å². The van der Waals surface area contributed by atoms with Gasteiger partial charge in [0.1, 0.15) is 5.82 Å². The Kier molecular flexibility index (Phi) is 4.41. The van der Waals surface area contributed by atoms with Gasteiger partial charge in [0.2, 0.25) is 0 Å². The van der Waals surface area contributed by atoms with Crippen LogP contribution in [0.1, 0.15) is 30.4 Å². The first-order valence-corrected chi connectivity index (χ1v) is 9.23. The molecule has 130 valence electrons. The first-order chi connectivity index (χ1) is 11.3. The van der Waals surface area contributed by atoms with Crippen molar-refractivity contribution in [3.63, 3.8) is 0 Å². The molecule has 0 N–H and O–H groups in total. The predicted molar refractivity (Wildman–Crippen MR) is 90.3 cm³/mol. The molecule has 0 unspecified atom stereocenters. The highest BCUT2D eigenvalue weighted by atomic mass is 32.2. The highest BCUT2D eigenvalue weighted by Crippen LogP contribution is 2.34. The van der Waals surface area contributed by atoms with Crippen molar-refractivity contribution in [3.8, 4) is 11.4 Å². The lowest BCUT2D eigenvalue weighted by atomic mass is 10.2. The van der Waals surface area contributed by atoms with Gasteiger partial charge in [0.25, 0.3) is 10.2 Å². The summed E-state index contributed by atoms with van der Waals surface area (Å²) in [5.74, 6) is 0.550. The monoisotopic (exact) mass is 350 g/mol. The second-order valence-electron chi connectivity index (χ2n) is 6.15. The number of aryl methyl sites for hydroxylation is 2. The molecule has 9 heteroatoms. The van der Waals surface area contributed by atoms with E-state index < -0.39 is 10.2 Å². The minimum Gasteiger partial charge on any atom is -0.266 e. The summed E-state index contributed by atoms with van der Waals surface area (Å²) in [6.45, 7) is 2.38. The SMILES string of the molecule is Cc1cc(-c2ccnn2C)nc([C@@H]2CCCN2S(=O)(=O)N(C)C)n1. The lowest BCUT2D eigenvalue weighted by Crippen LogP contribution is -2.40. The summed E-state index contributed by atoms with van der Waals surface area (Å²) in [5.41, 5.74) is 2.44. The Morgan fingerprint density at radius 3 is 2.67 bits per heavy atom. The van der Waals surface area contributed by atoms with Gasteiger partial charge in [-0.1, -0.05) is 0 Å². The molecule has 1 aliphatic rings. The first kappa shape index (κ1) is 17.0. The lowest BCUT2D eigenvalue weighted by molar-refractivity contribution is 0.352. The van der Waals surface area contributed by atoms with Crippen molar-refractivity contribution in [2.75, 3.05) is 20.6 Å². The zero-order chi connectivity index (χ0) is 17.5. The number of rotatable bonds is 4. The van der Waals surface area contributed by atoms with E-state index in [-0.39, 0.29) is 6.04 Å². The van der Waals surface area contributed by atoms with Crippen LogP contribution < -0.4 is 0 Å². The molecule has 1 atom stereocenters. The van der Waals surface area contributed by atoms with Gasteiger partial charge in [0.05, 0.1) is 17.4 Å². The van der Waals surface area contributed by atoms with Crippen molar-refractivity contribution in [1.29, 1.82) is 0 Å². The van der Waals surface area contributed by atoms with E-state index in [1.54, 1.807) is 25.0 Å². The summed E-state index contributed by atoms with van der Waals surface area (Å²) < 4.78 is 29.6. The fourth-order valence-electron chi connectivity index (χ4n) is 2.98. The molecule has 3 rings (SSSR count). The van der Waals surface area contributed by atoms with Crippen LogP contribution in [0.15, 0.2) is 18.3 Å². The average molecular weight is 350 g/mol. The van der Waals surface area contributed by atoms with E-state index in [0.29, 0.717) is 12.4 Å². The van der Waals surface area contributed by atoms with Crippen LogP contribution in [0, 0.1) is 6.92 Å². The van der Waals surface area contributed by atoms with E-state index in [4.69, 9.17) is 0 Å². The number of nitrogens with zero attached hydrogens (tertiary/aromatic N) is 6. The summed E-state index contributed by atoms with van der Waals surface area (Å²) in [5, 5.41) is 4.17. The molecule has 2 aromatic rings. The van der Waals surface area contributed by atoms with Gasteiger partial charge in [0.15, 0.2) is 0 Å². The van der Waals surface area contributed by atoms with Crippen molar-refractivity contribution in [3.05, 3.63) is 29.8 Å². The van der Waals surface area contributed by atoms with Gasteiger partial charge in [-0.2, -0.15) is 22.1 Å². The molecule has 0 spiro atoms. The van der Waals surface area contributed by atoms with Crippen LogP contribution in [0.5, 0.6) is 0 Å². The summed E-state index contributed by atoms with van der Waals surface area (Å²) in [6.07, 6.45) is 3.24. The molecule has 24 heavy (non-hydrogen) atoms. The Balaban J connectivity index is 2.03. The predicted octanol–water partition coefficient (Wildman–Crippen LogP) is 1.13. The molecule has 1 aliphatic heterocycles. The molecule has 0 amide bonds. The van der Waals surface area contributed by atoms with Crippen molar-refractivity contribution in [2.24, 2.45) is 7.05 Å². The smallest absolute Gasteiger partial charge is 0.266 e. The van der Waals surface area contributed by atoms with E-state index in [9.17, 15) is 8.42 Å². The van der Waals surface area contributed by atoms with Crippen molar-refractivity contribution in [2.45, 2.75) is 25.8 Å². The summed E-state index contributed by atoms with van der Waals surface area (Å²) in [7, 11) is 1.45. The second kappa shape index (κ2) is 6.23. The largest absolute Gasteiger partial charge is 0.282 e. The van der Waals surface area contributed by atoms with E-state index >= 15 is 0 Å². The molecule has 0 radical (unpaired) electrons. The third-order valence-electron chi connectivity index (χ3n) is 4.21. The molecule has 8 nitrogen and oxygen atoms in total. The van der Waals surface area contributed by atoms with Crippen LogP contribution in [0.25, 0.3) is 11.4 Å². The minimum atomic E-state index is -3.49. The highest BCUT2D eigenvalue weighted by molar-refractivity contribution is 7.86. The maximum Gasteiger partial charge on any atom is 0.282 e. The van der Waals surface area contributed by atoms with Gasteiger partial charge in [-0.25, -0.2) is 9.97 Å². The zero-order valence-electron chi connectivity index (χ0n) is 14.3. The van der Waals surface area contributed by atoms with Gasteiger partial charge in [0, 0.05) is 39.6 Å². The van der Waals surface area contributed by atoms with Crippen LogP contribution in [-0.2, 0) is 17.3 Å². The van der Waals surface area contributed by atoms with Crippen molar-refractivity contribution in [1.82, 2.24) is 28.4 Å². The zero-order valence-corrected chi connectivity index (χ0v) is 15.2. The highest BCUT2D eigenvalue weighted by Gasteiger charge is 2.38. The third kappa shape index (κ3) is 2.94. The van der Waals surface area contributed by atoms with Gasteiger partial charge < -0.3 is 0 Å². The van der Waals surface area contributed by atoms with Gasteiger partial charge >= 0.3 is 0 Å². The molecule has 0 aromatic carbocycles. The fraction of sp³-hybridized carbons (Fsp3) is 0.533. The maximum absolute atomic E-state index is 12.6. The molecule has 0 saturated carbocycles. The topological polar surface area (TPSA) is 84.2 Å². The maximum atomic E-state index is 12.6. The number of aromatic nitrogens is 4. The lowest BCUT2D eigenvalue weighted by Gasteiger charge is -2.26. The van der Waals surface area contributed by atoms with E-state index in [0.717, 1.165) is 29.9 Å². The molecule has 2 aromatic heterocycles. The fourth-order valence-corrected chi connectivity index (χ4v) is 4.28.